The third-order valence-electron chi connectivity index (χ3n) is 3.68. The van der Waals surface area contributed by atoms with Crippen LogP contribution in [-0.2, 0) is 11.3 Å². The lowest BCUT2D eigenvalue weighted by Crippen LogP contribution is -2.17. The zero-order chi connectivity index (χ0) is 16.5. The first kappa shape index (κ1) is 17.4. The second-order valence-electron chi connectivity index (χ2n) is 5.42. The van der Waals surface area contributed by atoms with Crippen LogP contribution in [0.3, 0.4) is 0 Å². The topological polar surface area (TPSA) is 30.5 Å². The number of hydrogen-bond acceptors (Lipinski definition) is 3. The molecule has 0 fully saturated rings. The minimum Gasteiger partial charge on any atom is -0.494 e. The maximum absolute atomic E-state index is 13.6. The van der Waals surface area contributed by atoms with Crippen molar-refractivity contribution in [3.63, 3.8) is 0 Å². The molecule has 0 bridgehead atoms. The highest BCUT2D eigenvalue weighted by Gasteiger charge is 2.05. The predicted octanol–water partition coefficient (Wildman–Crippen LogP) is 4.09. The Kier molecular flexibility index (Phi) is 7.04. The largest absolute Gasteiger partial charge is 0.494 e. The summed E-state index contributed by atoms with van der Waals surface area (Å²) in [6.45, 7) is 4.22. The van der Waals surface area contributed by atoms with Crippen molar-refractivity contribution in [3.8, 4) is 5.75 Å². The fraction of sp³-hybridized carbons (Fsp3) is 0.368. The molecule has 0 aliphatic rings. The summed E-state index contributed by atoms with van der Waals surface area (Å²) < 4.78 is 24.3. The summed E-state index contributed by atoms with van der Waals surface area (Å²) in [5.74, 6) is -0.0520. The summed E-state index contributed by atoms with van der Waals surface area (Å²) in [7, 11) is 1.47. The van der Waals surface area contributed by atoms with Crippen molar-refractivity contribution in [3.05, 3.63) is 65.5 Å². The average Bonchev–Trinajstić information content (AvgIpc) is 2.58. The van der Waals surface area contributed by atoms with Crippen LogP contribution in [0.1, 0.15) is 30.6 Å². The van der Waals surface area contributed by atoms with E-state index >= 15 is 0 Å². The van der Waals surface area contributed by atoms with E-state index in [9.17, 15) is 4.39 Å². The van der Waals surface area contributed by atoms with Crippen molar-refractivity contribution >= 4 is 0 Å². The van der Waals surface area contributed by atoms with Crippen LogP contribution in [0.2, 0.25) is 0 Å². The van der Waals surface area contributed by atoms with Crippen molar-refractivity contribution in [2.24, 2.45) is 0 Å². The highest BCUT2D eigenvalue weighted by Crippen LogP contribution is 2.18. The molecule has 0 saturated heterocycles. The molecule has 23 heavy (non-hydrogen) atoms. The van der Waals surface area contributed by atoms with Crippen molar-refractivity contribution < 1.29 is 13.9 Å². The first-order valence-electron chi connectivity index (χ1n) is 7.90. The number of hydrogen-bond donors (Lipinski definition) is 1. The van der Waals surface area contributed by atoms with Gasteiger partial charge in [0.2, 0.25) is 0 Å². The van der Waals surface area contributed by atoms with Crippen LogP contribution in [0.4, 0.5) is 4.39 Å². The molecule has 0 spiro atoms. The van der Waals surface area contributed by atoms with Crippen LogP contribution < -0.4 is 10.1 Å². The van der Waals surface area contributed by atoms with Crippen LogP contribution in [-0.4, -0.2) is 20.3 Å². The van der Waals surface area contributed by atoms with Gasteiger partial charge in [-0.25, -0.2) is 4.39 Å². The Balaban J connectivity index is 1.62. The fourth-order valence-corrected chi connectivity index (χ4v) is 2.33. The van der Waals surface area contributed by atoms with Gasteiger partial charge in [0.25, 0.3) is 0 Å². The second-order valence-corrected chi connectivity index (χ2v) is 5.42. The number of nitrogens with one attached hydrogen (secondary N) is 1. The maximum Gasteiger partial charge on any atom is 0.165 e. The van der Waals surface area contributed by atoms with E-state index in [0.29, 0.717) is 13.2 Å². The van der Waals surface area contributed by atoms with E-state index in [1.54, 1.807) is 6.07 Å². The summed E-state index contributed by atoms with van der Waals surface area (Å²) in [5.41, 5.74) is 2.09. The zero-order valence-electron chi connectivity index (χ0n) is 13.7. The molecule has 0 aliphatic carbocycles. The molecular formula is C19H24FNO2. The Hall–Kier alpha value is -1.91. The molecule has 1 unspecified atom stereocenters. The number of rotatable bonds is 9. The van der Waals surface area contributed by atoms with E-state index in [1.807, 2.05) is 24.3 Å². The van der Waals surface area contributed by atoms with E-state index in [2.05, 4.69) is 24.4 Å². The van der Waals surface area contributed by atoms with Gasteiger partial charge < -0.3 is 14.8 Å². The van der Waals surface area contributed by atoms with Gasteiger partial charge in [0.05, 0.1) is 13.2 Å². The quantitative estimate of drug-likeness (QED) is 0.707. The molecule has 2 aromatic carbocycles. The third-order valence-corrected chi connectivity index (χ3v) is 3.68. The Morgan fingerprint density at radius 2 is 1.91 bits per heavy atom. The molecule has 0 amide bonds. The molecule has 1 atom stereocenters. The van der Waals surface area contributed by atoms with E-state index < -0.39 is 0 Å². The lowest BCUT2D eigenvalue weighted by atomic mass is 10.1. The zero-order valence-corrected chi connectivity index (χ0v) is 13.7. The van der Waals surface area contributed by atoms with Crippen LogP contribution in [0.5, 0.6) is 5.75 Å². The van der Waals surface area contributed by atoms with Crippen molar-refractivity contribution in [2.75, 3.05) is 20.3 Å². The summed E-state index contributed by atoms with van der Waals surface area (Å²) in [6, 6.07) is 15.2. The lowest BCUT2D eigenvalue weighted by Gasteiger charge is -2.13. The smallest absolute Gasteiger partial charge is 0.165 e. The maximum atomic E-state index is 13.6. The van der Waals surface area contributed by atoms with E-state index in [-0.39, 0.29) is 17.7 Å². The molecule has 124 valence electrons. The van der Waals surface area contributed by atoms with Gasteiger partial charge >= 0.3 is 0 Å². The van der Waals surface area contributed by atoms with Crippen LogP contribution in [0.25, 0.3) is 0 Å². The van der Waals surface area contributed by atoms with E-state index in [0.717, 1.165) is 18.5 Å². The van der Waals surface area contributed by atoms with Gasteiger partial charge in [-0.1, -0.05) is 36.4 Å². The number of ether oxygens (including phenoxy) is 2. The van der Waals surface area contributed by atoms with Gasteiger partial charge in [0.15, 0.2) is 11.6 Å². The van der Waals surface area contributed by atoms with Crippen molar-refractivity contribution in [1.29, 1.82) is 0 Å². The average molecular weight is 317 g/mol. The molecule has 1 N–H and O–H groups in total. The molecule has 0 aliphatic heterocycles. The Morgan fingerprint density at radius 1 is 1.13 bits per heavy atom. The van der Waals surface area contributed by atoms with Gasteiger partial charge in [0.1, 0.15) is 0 Å². The highest BCUT2D eigenvalue weighted by atomic mass is 19.1. The molecule has 0 radical (unpaired) electrons. The Morgan fingerprint density at radius 3 is 2.61 bits per heavy atom. The van der Waals surface area contributed by atoms with Gasteiger partial charge in [-0.15, -0.1) is 0 Å². The molecule has 0 aromatic heterocycles. The second kappa shape index (κ2) is 9.28. The van der Waals surface area contributed by atoms with Gasteiger partial charge in [0, 0.05) is 13.2 Å². The summed E-state index contributed by atoms with van der Waals surface area (Å²) in [6.07, 6.45) is 1.02. The summed E-state index contributed by atoms with van der Waals surface area (Å²) >= 11 is 0. The van der Waals surface area contributed by atoms with E-state index in [4.69, 9.17) is 9.47 Å². The predicted molar refractivity (Wildman–Crippen MR) is 90.1 cm³/mol. The first-order valence-corrected chi connectivity index (χ1v) is 7.90. The standard InChI is InChI=1S/C19H24FNO2/c1-15(17-7-4-3-5-8-17)23-12-6-11-21-14-16-9-10-19(22-2)18(20)13-16/h3-5,7-10,13,15,21H,6,11-12,14H2,1-2H3. The summed E-state index contributed by atoms with van der Waals surface area (Å²) in [5, 5.41) is 3.29. The third kappa shape index (κ3) is 5.66. The minimum absolute atomic E-state index is 0.104. The van der Waals surface area contributed by atoms with E-state index in [1.165, 1.54) is 18.7 Å². The Bertz CT molecular complexity index is 589. The normalized spacial score (nSPS) is 12.1. The number of methoxy groups -OCH3 is 1. The fourth-order valence-electron chi connectivity index (χ4n) is 2.33. The molecule has 3 nitrogen and oxygen atoms in total. The van der Waals surface area contributed by atoms with Crippen LogP contribution >= 0.6 is 0 Å². The molecule has 0 heterocycles. The molecule has 4 heteroatoms. The van der Waals surface area contributed by atoms with Crippen LogP contribution in [0.15, 0.2) is 48.5 Å². The molecule has 2 aromatic rings. The minimum atomic E-state index is -0.327. The number of benzene rings is 2. The van der Waals surface area contributed by atoms with Gasteiger partial charge in [-0.05, 0) is 43.1 Å². The molecule has 0 saturated carbocycles. The van der Waals surface area contributed by atoms with Crippen molar-refractivity contribution in [1.82, 2.24) is 5.32 Å². The van der Waals surface area contributed by atoms with Gasteiger partial charge in [-0.3, -0.25) is 0 Å². The SMILES string of the molecule is COc1ccc(CNCCCOC(C)c2ccccc2)cc1F. The van der Waals surface area contributed by atoms with Crippen molar-refractivity contribution in [2.45, 2.75) is 26.0 Å². The summed E-state index contributed by atoms with van der Waals surface area (Å²) in [4.78, 5) is 0. The van der Waals surface area contributed by atoms with Gasteiger partial charge in [-0.2, -0.15) is 0 Å². The van der Waals surface area contributed by atoms with Crippen LogP contribution in [0, 0.1) is 5.82 Å². The molecular weight excluding hydrogens is 293 g/mol. The monoisotopic (exact) mass is 317 g/mol. The lowest BCUT2D eigenvalue weighted by molar-refractivity contribution is 0.0640. The molecule has 2 rings (SSSR count). The Labute approximate surface area is 137 Å². The highest BCUT2D eigenvalue weighted by molar-refractivity contribution is 5.29. The first-order chi connectivity index (χ1) is 11.2. The number of halogens is 1.